The van der Waals surface area contributed by atoms with Crippen molar-refractivity contribution in [3.8, 4) is 5.75 Å². The van der Waals surface area contributed by atoms with Gasteiger partial charge in [-0.2, -0.15) is 13.2 Å². The molecule has 0 unspecified atom stereocenters. The number of hydrogen-bond donors (Lipinski definition) is 2. The Morgan fingerprint density at radius 3 is 2.38 bits per heavy atom. The summed E-state index contributed by atoms with van der Waals surface area (Å²) in [6.45, 7) is 4.04. The molecule has 0 saturated heterocycles. The first-order chi connectivity index (χ1) is 9.57. The third-order valence-corrected chi connectivity index (χ3v) is 3.11. The van der Waals surface area contributed by atoms with E-state index in [1.54, 1.807) is 7.11 Å². The summed E-state index contributed by atoms with van der Waals surface area (Å²) in [6, 6.07) is 3.22. The van der Waals surface area contributed by atoms with E-state index >= 15 is 0 Å². The number of hydrogen-bond acceptors (Lipinski definition) is 3. The van der Waals surface area contributed by atoms with Crippen LogP contribution in [0.2, 0.25) is 0 Å². The molecular formula is C14H19F3N2O2. The Labute approximate surface area is 121 Å². The smallest absolute Gasteiger partial charge is 0.417 e. The van der Waals surface area contributed by atoms with E-state index in [2.05, 4.69) is 0 Å². The van der Waals surface area contributed by atoms with Crippen molar-refractivity contribution in [1.29, 1.82) is 5.41 Å². The number of amidine groups is 1. The Balaban J connectivity index is 2.87. The van der Waals surface area contributed by atoms with E-state index in [1.165, 1.54) is 6.07 Å². The zero-order valence-corrected chi connectivity index (χ0v) is 12.2. The average Bonchev–Trinajstić information content (AvgIpc) is 2.37. The van der Waals surface area contributed by atoms with Crippen LogP contribution in [0.5, 0.6) is 5.75 Å². The van der Waals surface area contributed by atoms with Crippen molar-refractivity contribution in [2.24, 2.45) is 5.73 Å². The van der Waals surface area contributed by atoms with E-state index < -0.39 is 17.6 Å². The van der Waals surface area contributed by atoms with E-state index in [0.29, 0.717) is 6.42 Å². The van der Waals surface area contributed by atoms with Gasteiger partial charge in [-0.25, -0.2) is 0 Å². The van der Waals surface area contributed by atoms with Crippen molar-refractivity contribution in [2.45, 2.75) is 32.0 Å². The summed E-state index contributed by atoms with van der Waals surface area (Å²) in [6.07, 6.45) is -3.99. The molecule has 0 heterocycles. The molecule has 0 saturated carbocycles. The lowest BCUT2D eigenvalue weighted by atomic mass is 10.1. The van der Waals surface area contributed by atoms with E-state index in [-0.39, 0.29) is 23.5 Å². The number of methoxy groups -OCH3 is 1. The van der Waals surface area contributed by atoms with Gasteiger partial charge in [-0.05, 0) is 32.0 Å². The maximum atomic E-state index is 12.8. The first kappa shape index (κ1) is 17.3. The number of alkyl halides is 3. The van der Waals surface area contributed by atoms with E-state index in [0.717, 1.165) is 12.1 Å². The topological polar surface area (TPSA) is 68.3 Å². The van der Waals surface area contributed by atoms with Gasteiger partial charge in [0, 0.05) is 19.1 Å². The summed E-state index contributed by atoms with van der Waals surface area (Å²) < 4.78 is 49.0. The fraction of sp³-hybridized carbons (Fsp3) is 0.500. The van der Waals surface area contributed by atoms with Crippen LogP contribution >= 0.6 is 0 Å². The highest BCUT2D eigenvalue weighted by Gasteiger charge is 2.34. The van der Waals surface area contributed by atoms with E-state index in [1.807, 2.05) is 13.8 Å². The zero-order valence-electron chi connectivity index (χ0n) is 12.2. The van der Waals surface area contributed by atoms with Gasteiger partial charge < -0.3 is 15.2 Å². The molecule has 1 aromatic rings. The highest BCUT2D eigenvalue weighted by Crippen LogP contribution is 2.33. The normalized spacial score (nSPS) is 12.3. The zero-order chi connectivity index (χ0) is 16.3. The minimum Gasteiger partial charge on any atom is -0.493 e. The van der Waals surface area contributed by atoms with Gasteiger partial charge in [-0.15, -0.1) is 0 Å². The Hall–Kier alpha value is -1.76. The molecule has 0 amide bonds. The number of halogens is 3. The van der Waals surface area contributed by atoms with Gasteiger partial charge in [-0.3, -0.25) is 5.41 Å². The van der Waals surface area contributed by atoms with Gasteiger partial charge in [0.25, 0.3) is 0 Å². The van der Waals surface area contributed by atoms with Crippen LogP contribution in [0.4, 0.5) is 13.2 Å². The first-order valence-electron chi connectivity index (χ1n) is 6.30. The van der Waals surface area contributed by atoms with Gasteiger partial charge in [0.1, 0.15) is 11.6 Å². The van der Waals surface area contributed by atoms with Crippen LogP contribution in [0.3, 0.4) is 0 Å². The summed E-state index contributed by atoms with van der Waals surface area (Å²) in [5.74, 6) is -0.412. The lowest BCUT2D eigenvalue weighted by molar-refractivity contribution is -0.137. The quantitative estimate of drug-likeness (QED) is 0.626. The summed E-state index contributed by atoms with van der Waals surface area (Å²) in [5, 5.41) is 7.26. The van der Waals surface area contributed by atoms with Crippen LogP contribution in [0.15, 0.2) is 18.2 Å². The second-order valence-corrected chi connectivity index (χ2v) is 5.18. The van der Waals surface area contributed by atoms with Gasteiger partial charge in [0.15, 0.2) is 0 Å². The Morgan fingerprint density at radius 1 is 1.29 bits per heavy atom. The second-order valence-electron chi connectivity index (χ2n) is 5.18. The molecule has 0 radical (unpaired) electrons. The predicted octanol–water partition coefficient (Wildman–Crippen LogP) is 3.18. The standard InChI is InChI=1S/C14H19F3N2O2/c1-13(2,20-3)6-7-21-9-4-5-11(14(15,16)17)10(8-9)12(18)19/h4-5,8H,6-7H2,1-3H3,(H3,18,19). The molecule has 1 rings (SSSR count). The summed E-state index contributed by atoms with van der Waals surface area (Å²) >= 11 is 0. The van der Waals surface area contributed by atoms with Gasteiger partial charge in [0.05, 0.1) is 17.8 Å². The lowest BCUT2D eigenvalue weighted by Gasteiger charge is -2.22. The molecular weight excluding hydrogens is 285 g/mol. The molecule has 0 atom stereocenters. The van der Waals surface area contributed by atoms with Crippen LogP contribution in [-0.2, 0) is 10.9 Å². The molecule has 0 bridgehead atoms. The van der Waals surface area contributed by atoms with Gasteiger partial charge >= 0.3 is 6.18 Å². The number of nitrogens with one attached hydrogen (secondary N) is 1. The molecule has 7 heteroatoms. The summed E-state index contributed by atoms with van der Waals surface area (Å²) in [5.41, 5.74) is 3.50. The Bertz CT molecular complexity index is 513. The Morgan fingerprint density at radius 2 is 1.90 bits per heavy atom. The van der Waals surface area contributed by atoms with Crippen molar-refractivity contribution >= 4 is 5.84 Å². The van der Waals surface area contributed by atoms with Crippen LogP contribution in [0.25, 0.3) is 0 Å². The highest BCUT2D eigenvalue weighted by atomic mass is 19.4. The minimum atomic E-state index is -4.56. The van der Waals surface area contributed by atoms with E-state index in [9.17, 15) is 13.2 Å². The summed E-state index contributed by atoms with van der Waals surface area (Å²) in [7, 11) is 1.58. The molecule has 0 spiro atoms. The maximum Gasteiger partial charge on any atom is 0.417 e. The van der Waals surface area contributed by atoms with Crippen LogP contribution in [0.1, 0.15) is 31.4 Å². The van der Waals surface area contributed by atoms with Crippen molar-refractivity contribution in [2.75, 3.05) is 13.7 Å². The minimum absolute atomic E-state index is 0.236. The lowest BCUT2D eigenvalue weighted by Crippen LogP contribution is -2.25. The number of rotatable bonds is 6. The molecule has 0 aliphatic carbocycles. The third-order valence-electron chi connectivity index (χ3n) is 3.11. The second kappa shape index (κ2) is 6.34. The largest absolute Gasteiger partial charge is 0.493 e. The highest BCUT2D eigenvalue weighted by molar-refractivity contribution is 5.97. The molecule has 118 valence electrons. The van der Waals surface area contributed by atoms with Crippen molar-refractivity contribution < 1.29 is 22.6 Å². The van der Waals surface area contributed by atoms with Crippen LogP contribution in [-0.4, -0.2) is 25.2 Å². The molecule has 3 N–H and O–H groups in total. The number of nitrogens with two attached hydrogens (primary N) is 1. The fourth-order valence-corrected chi connectivity index (χ4v) is 1.60. The monoisotopic (exact) mass is 304 g/mol. The van der Waals surface area contributed by atoms with Crippen molar-refractivity contribution in [3.05, 3.63) is 29.3 Å². The number of benzene rings is 1. The SMILES string of the molecule is COC(C)(C)CCOc1ccc(C(F)(F)F)c(C(=N)N)c1. The Kier molecular flexibility index (Phi) is 5.22. The van der Waals surface area contributed by atoms with Gasteiger partial charge in [0.2, 0.25) is 0 Å². The number of ether oxygens (including phenoxy) is 2. The maximum absolute atomic E-state index is 12.8. The summed E-state index contributed by atoms with van der Waals surface area (Å²) in [4.78, 5) is 0. The molecule has 1 aromatic carbocycles. The van der Waals surface area contributed by atoms with E-state index in [4.69, 9.17) is 20.6 Å². The molecule has 21 heavy (non-hydrogen) atoms. The molecule has 0 aliphatic rings. The average molecular weight is 304 g/mol. The van der Waals surface area contributed by atoms with Crippen LogP contribution in [0, 0.1) is 5.41 Å². The predicted molar refractivity (Wildman–Crippen MR) is 73.7 cm³/mol. The van der Waals surface area contributed by atoms with Crippen LogP contribution < -0.4 is 10.5 Å². The molecule has 0 fully saturated rings. The van der Waals surface area contributed by atoms with Crippen molar-refractivity contribution in [3.63, 3.8) is 0 Å². The van der Waals surface area contributed by atoms with Gasteiger partial charge in [-0.1, -0.05) is 0 Å². The number of nitrogen functional groups attached to an aromatic ring is 1. The van der Waals surface area contributed by atoms with Crippen molar-refractivity contribution in [1.82, 2.24) is 0 Å². The first-order valence-corrected chi connectivity index (χ1v) is 6.30. The molecule has 0 aromatic heterocycles. The third kappa shape index (κ3) is 4.93. The fourth-order valence-electron chi connectivity index (χ4n) is 1.60. The molecule has 0 aliphatic heterocycles. The molecule has 4 nitrogen and oxygen atoms in total.